The summed E-state index contributed by atoms with van der Waals surface area (Å²) in [6.45, 7) is 1.89. The van der Waals surface area contributed by atoms with Gasteiger partial charge in [0.05, 0.1) is 17.5 Å². The lowest BCUT2D eigenvalue weighted by atomic mass is 9.85. The first-order valence-electron chi connectivity index (χ1n) is 9.91. The Hall–Kier alpha value is -2.80. The van der Waals surface area contributed by atoms with E-state index >= 15 is 0 Å². The minimum absolute atomic E-state index is 0.244. The minimum Gasteiger partial charge on any atom is -0.300 e. The first-order chi connectivity index (χ1) is 14.1. The van der Waals surface area contributed by atoms with Crippen molar-refractivity contribution in [3.05, 3.63) is 47.4 Å². The maximum Gasteiger partial charge on any atom is 0.246 e. The average molecular weight is 410 g/mol. The van der Waals surface area contributed by atoms with E-state index in [1.807, 2.05) is 29.7 Å². The lowest BCUT2D eigenvalue weighted by Gasteiger charge is -2.14. The molecule has 6 nitrogen and oxygen atoms in total. The SMILES string of the molecule is CCCc1ccc(-c2csc(NC(=O)CN3C(=O)[C@H]4CC=CC[C@H]4C3=O)n2)cc1. The monoisotopic (exact) mass is 409 g/mol. The van der Waals surface area contributed by atoms with Gasteiger partial charge in [-0.1, -0.05) is 49.8 Å². The van der Waals surface area contributed by atoms with Gasteiger partial charge in [-0.2, -0.15) is 0 Å². The van der Waals surface area contributed by atoms with E-state index in [-0.39, 0.29) is 30.2 Å². The van der Waals surface area contributed by atoms with Crippen molar-refractivity contribution in [2.45, 2.75) is 32.6 Å². The van der Waals surface area contributed by atoms with Crippen molar-refractivity contribution in [3.8, 4) is 11.3 Å². The number of rotatable bonds is 6. The van der Waals surface area contributed by atoms with E-state index in [9.17, 15) is 14.4 Å². The molecule has 2 heterocycles. The highest BCUT2D eigenvalue weighted by molar-refractivity contribution is 7.14. The molecule has 1 aliphatic heterocycles. The number of allylic oxidation sites excluding steroid dienone is 2. The molecule has 1 saturated heterocycles. The fourth-order valence-electron chi connectivity index (χ4n) is 3.92. The van der Waals surface area contributed by atoms with Crippen LogP contribution in [0.2, 0.25) is 0 Å². The molecule has 0 saturated carbocycles. The van der Waals surface area contributed by atoms with Gasteiger partial charge in [-0.05, 0) is 24.8 Å². The van der Waals surface area contributed by atoms with Gasteiger partial charge in [0.15, 0.2) is 5.13 Å². The first-order valence-corrected chi connectivity index (χ1v) is 10.8. The zero-order chi connectivity index (χ0) is 20.4. The molecule has 4 rings (SSSR count). The van der Waals surface area contributed by atoms with Gasteiger partial charge in [0.1, 0.15) is 6.54 Å². The van der Waals surface area contributed by atoms with Crippen molar-refractivity contribution < 1.29 is 14.4 Å². The maximum absolute atomic E-state index is 12.5. The van der Waals surface area contributed by atoms with E-state index in [0.29, 0.717) is 18.0 Å². The number of likely N-dealkylation sites (tertiary alicyclic amines) is 1. The number of amides is 3. The van der Waals surface area contributed by atoms with Gasteiger partial charge in [0.25, 0.3) is 0 Å². The predicted molar refractivity (Wildman–Crippen MR) is 112 cm³/mol. The molecule has 7 heteroatoms. The van der Waals surface area contributed by atoms with Crippen molar-refractivity contribution in [3.63, 3.8) is 0 Å². The molecular weight excluding hydrogens is 386 g/mol. The summed E-state index contributed by atoms with van der Waals surface area (Å²) < 4.78 is 0. The third-order valence-corrected chi connectivity index (χ3v) is 6.20. The molecule has 2 atom stereocenters. The number of carbonyl (C=O) groups excluding carboxylic acids is 3. The highest BCUT2D eigenvalue weighted by Crippen LogP contribution is 2.35. The van der Waals surface area contributed by atoms with E-state index in [1.165, 1.54) is 16.9 Å². The fraction of sp³-hybridized carbons (Fsp3) is 0.364. The number of fused-ring (bicyclic) bond motifs is 1. The molecule has 1 fully saturated rings. The summed E-state index contributed by atoms with van der Waals surface area (Å²) in [5.74, 6) is -1.53. The van der Waals surface area contributed by atoms with Crippen LogP contribution in [0.15, 0.2) is 41.8 Å². The topological polar surface area (TPSA) is 79.4 Å². The molecule has 150 valence electrons. The van der Waals surface area contributed by atoms with Crippen LogP contribution in [0, 0.1) is 11.8 Å². The first kappa shape index (κ1) is 19.5. The van der Waals surface area contributed by atoms with Gasteiger partial charge < -0.3 is 5.32 Å². The van der Waals surface area contributed by atoms with Gasteiger partial charge in [-0.3, -0.25) is 19.3 Å². The number of nitrogens with one attached hydrogen (secondary N) is 1. The third-order valence-electron chi connectivity index (χ3n) is 5.44. The molecule has 0 unspecified atom stereocenters. The number of hydrogen-bond donors (Lipinski definition) is 1. The molecule has 1 aromatic heterocycles. The van der Waals surface area contributed by atoms with Crippen LogP contribution in [0.25, 0.3) is 11.3 Å². The normalized spacial score (nSPS) is 20.8. The van der Waals surface area contributed by atoms with Crippen LogP contribution in [-0.2, 0) is 20.8 Å². The molecule has 2 aliphatic rings. The molecule has 0 spiro atoms. The van der Waals surface area contributed by atoms with Crippen molar-refractivity contribution in [2.75, 3.05) is 11.9 Å². The summed E-state index contributed by atoms with van der Waals surface area (Å²) >= 11 is 1.33. The smallest absolute Gasteiger partial charge is 0.246 e. The molecule has 29 heavy (non-hydrogen) atoms. The highest BCUT2D eigenvalue weighted by atomic mass is 32.1. The zero-order valence-corrected chi connectivity index (χ0v) is 17.1. The van der Waals surface area contributed by atoms with Crippen molar-refractivity contribution in [1.82, 2.24) is 9.88 Å². The number of carbonyl (C=O) groups is 3. The number of aromatic nitrogens is 1. The Kier molecular flexibility index (Phi) is 5.58. The summed E-state index contributed by atoms with van der Waals surface area (Å²) in [5, 5.41) is 5.06. The van der Waals surface area contributed by atoms with Crippen LogP contribution in [0.4, 0.5) is 5.13 Å². The molecule has 2 aromatic rings. The number of anilines is 1. The molecule has 1 aliphatic carbocycles. The minimum atomic E-state index is -0.405. The van der Waals surface area contributed by atoms with Crippen LogP contribution in [0.3, 0.4) is 0 Å². The summed E-state index contributed by atoms with van der Waals surface area (Å²) in [5.41, 5.74) is 3.07. The quantitative estimate of drug-likeness (QED) is 0.583. The van der Waals surface area contributed by atoms with Gasteiger partial charge in [0.2, 0.25) is 17.7 Å². The van der Waals surface area contributed by atoms with E-state index in [1.54, 1.807) is 0 Å². The number of thiazole rings is 1. The van der Waals surface area contributed by atoms with E-state index < -0.39 is 5.91 Å². The average Bonchev–Trinajstić information content (AvgIpc) is 3.28. The van der Waals surface area contributed by atoms with Crippen molar-refractivity contribution >= 4 is 34.2 Å². The summed E-state index contributed by atoms with van der Waals surface area (Å²) in [6, 6.07) is 8.25. The third kappa shape index (κ3) is 4.00. The summed E-state index contributed by atoms with van der Waals surface area (Å²) in [4.78, 5) is 42.9. The van der Waals surface area contributed by atoms with Gasteiger partial charge in [0, 0.05) is 10.9 Å². The van der Waals surface area contributed by atoms with E-state index in [2.05, 4.69) is 29.4 Å². The van der Waals surface area contributed by atoms with Crippen LogP contribution in [0.5, 0.6) is 0 Å². The number of aryl methyl sites for hydroxylation is 1. The van der Waals surface area contributed by atoms with Crippen LogP contribution in [-0.4, -0.2) is 34.2 Å². The number of imide groups is 1. The number of hydrogen-bond acceptors (Lipinski definition) is 5. The summed E-state index contributed by atoms with van der Waals surface area (Å²) in [7, 11) is 0. The largest absolute Gasteiger partial charge is 0.300 e. The van der Waals surface area contributed by atoms with Gasteiger partial charge >= 0.3 is 0 Å². The molecule has 1 aromatic carbocycles. The number of nitrogens with zero attached hydrogens (tertiary/aromatic N) is 2. The van der Waals surface area contributed by atoms with Crippen LogP contribution < -0.4 is 5.32 Å². The van der Waals surface area contributed by atoms with E-state index in [4.69, 9.17) is 0 Å². The molecule has 3 amide bonds. The molecule has 1 N–H and O–H groups in total. The lowest BCUT2D eigenvalue weighted by molar-refractivity contribution is -0.142. The Morgan fingerprint density at radius 2 is 1.79 bits per heavy atom. The second kappa shape index (κ2) is 8.29. The Morgan fingerprint density at radius 1 is 1.14 bits per heavy atom. The van der Waals surface area contributed by atoms with Gasteiger partial charge in [-0.25, -0.2) is 4.98 Å². The standard InChI is InChI=1S/C22H23N3O3S/c1-2-5-14-8-10-15(11-9-14)18-13-29-22(23-18)24-19(26)12-25-20(27)16-6-3-4-7-17(16)21(25)28/h3-4,8-11,13,16-17H,2,5-7,12H2,1H3,(H,23,24,26)/t16-,17+. The van der Waals surface area contributed by atoms with Crippen molar-refractivity contribution in [2.24, 2.45) is 11.8 Å². The van der Waals surface area contributed by atoms with Gasteiger partial charge in [-0.15, -0.1) is 11.3 Å². The predicted octanol–water partition coefficient (Wildman–Crippen LogP) is 3.65. The second-order valence-corrected chi connectivity index (χ2v) is 8.31. The molecule has 0 radical (unpaired) electrons. The van der Waals surface area contributed by atoms with Crippen LogP contribution >= 0.6 is 11.3 Å². The zero-order valence-electron chi connectivity index (χ0n) is 16.3. The molecular formula is C22H23N3O3S. The molecule has 0 bridgehead atoms. The lowest BCUT2D eigenvalue weighted by Crippen LogP contribution is -2.38. The van der Waals surface area contributed by atoms with Crippen molar-refractivity contribution in [1.29, 1.82) is 0 Å². The van der Waals surface area contributed by atoms with Crippen LogP contribution in [0.1, 0.15) is 31.7 Å². The Bertz CT molecular complexity index is 938. The second-order valence-electron chi connectivity index (χ2n) is 7.45. The maximum atomic E-state index is 12.5. The summed E-state index contributed by atoms with van der Waals surface area (Å²) in [6.07, 6.45) is 7.15. The highest BCUT2D eigenvalue weighted by Gasteiger charge is 2.47. The Balaban J connectivity index is 1.38. The van der Waals surface area contributed by atoms with E-state index in [0.717, 1.165) is 29.0 Å². The Morgan fingerprint density at radius 3 is 2.41 bits per heavy atom. The fourth-order valence-corrected chi connectivity index (χ4v) is 4.66. The Labute approximate surface area is 173 Å². The number of benzene rings is 1.